The largest absolute Gasteiger partial charge is 0.480 e. The molecule has 3 N–H and O–H groups in total. The first kappa shape index (κ1) is 10.6. The maximum Gasteiger partial charge on any atom is 0.320 e. The van der Waals surface area contributed by atoms with Crippen molar-refractivity contribution >= 4 is 16.9 Å². The molecule has 2 rings (SSSR count). The van der Waals surface area contributed by atoms with Crippen LogP contribution in [0.5, 0.6) is 0 Å². The van der Waals surface area contributed by atoms with Gasteiger partial charge < -0.3 is 10.8 Å². The molecule has 0 saturated carbocycles. The summed E-state index contributed by atoms with van der Waals surface area (Å²) in [5, 5.41) is 14.0. The highest BCUT2D eigenvalue weighted by Gasteiger charge is 2.12. The molecule has 0 aliphatic rings. The van der Waals surface area contributed by atoms with Crippen LogP contribution in [0.25, 0.3) is 10.9 Å². The van der Waals surface area contributed by atoms with Crippen molar-refractivity contribution in [2.75, 3.05) is 0 Å². The lowest BCUT2D eigenvalue weighted by atomic mass is 10.1. The summed E-state index contributed by atoms with van der Waals surface area (Å²) in [6.07, 6.45) is 2.23. The maximum atomic E-state index is 10.6. The Bertz CT molecular complexity index is 533. The van der Waals surface area contributed by atoms with E-state index in [1.54, 1.807) is 4.68 Å². The summed E-state index contributed by atoms with van der Waals surface area (Å²) in [4.78, 5) is 10.6. The second kappa shape index (κ2) is 3.94. The Hall–Kier alpha value is -1.88. The standard InChI is InChI=1S/C11H13N3O2/c1-14-6-8-4-7(2-3-10(8)13-14)5-9(12)11(15)16/h2-4,6,9H,5,12H2,1H3,(H,15,16). The summed E-state index contributed by atoms with van der Waals surface area (Å²) in [6, 6.07) is 4.80. The lowest BCUT2D eigenvalue weighted by molar-refractivity contribution is -0.138. The number of benzene rings is 1. The third-order valence-corrected chi connectivity index (χ3v) is 2.46. The molecule has 1 aromatic heterocycles. The molecular formula is C11H13N3O2. The number of carbonyl (C=O) groups is 1. The second-order valence-electron chi connectivity index (χ2n) is 3.84. The number of aromatic nitrogens is 2. The van der Waals surface area contributed by atoms with E-state index in [2.05, 4.69) is 5.10 Å². The van der Waals surface area contributed by atoms with Crippen molar-refractivity contribution in [3.8, 4) is 0 Å². The lowest BCUT2D eigenvalue weighted by Gasteiger charge is -2.05. The summed E-state index contributed by atoms with van der Waals surface area (Å²) < 4.78 is 1.73. The molecule has 0 fully saturated rings. The van der Waals surface area contributed by atoms with E-state index < -0.39 is 12.0 Å². The summed E-state index contributed by atoms with van der Waals surface area (Å²) in [5.41, 5.74) is 7.29. The van der Waals surface area contributed by atoms with Crippen LogP contribution in [0.2, 0.25) is 0 Å². The molecule has 16 heavy (non-hydrogen) atoms. The Balaban J connectivity index is 2.28. The van der Waals surface area contributed by atoms with Gasteiger partial charge in [-0.2, -0.15) is 5.10 Å². The number of rotatable bonds is 3. The average molecular weight is 219 g/mol. The zero-order valence-electron chi connectivity index (χ0n) is 8.92. The van der Waals surface area contributed by atoms with Crippen LogP contribution in [0.1, 0.15) is 5.56 Å². The van der Waals surface area contributed by atoms with Gasteiger partial charge in [0.25, 0.3) is 0 Å². The van der Waals surface area contributed by atoms with Gasteiger partial charge in [-0.05, 0) is 24.1 Å². The van der Waals surface area contributed by atoms with Crippen LogP contribution in [0.15, 0.2) is 24.4 Å². The fourth-order valence-electron chi connectivity index (χ4n) is 1.67. The SMILES string of the molecule is Cn1cc2cc(CC(N)C(=O)O)ccc2n1. The van der Waals surface area contributed by atoms with E-state index in [1.165, 1.54) is 0 Å². The van der Waals surface area contributed by atoms with Gasteiger partial charge in [0.2, 0.25) is 0 Å². The van der Waals surface area contributed by atoms with Crippen molar-refractivity contribution in [1.82, 2.24) is 9.78 Å². The smallest absolute Gasteiger partial charge is 0.320 e. The van der Waals surface area contributed by atoms with Gasteiger partial charge in [0, 0.05) is 18.6 Å². The Morgan fingerprint density at radius 2 is 2.38 bits per heavy atom. The topological polar surface area (TPSA) is 81.1 Å². The number of aryl methyl sites for hydroxylation is 1. The first-order chi connectivity index (χ1) is 7.56. The highest BCUT2D eigenvalue weighted by atomic mass is 16.4. The molecule has 5 nitrogen and oxygen atoms in total. The van der Waals surface area contributed by atoms with Gasteiger partial charge in [0.15, 0.2) is 0 Å². The minimum absolute atomic E-state index is 0.333. The molecule has 0 bridgehead atoms. The van der Waals surface area contributed by atoms with E-state index >= 15 is 0 Å². The molecule has 0 aliphatic heterocycles. The monoisotopic (exact) mass is 219 g/mol. The molecule has 1 unspecified atom stereocenters. The molecule has 0 radical (unpaired) electrons. The van der Waals surface area contributed by atoms with Crippen molar-refractivity contribution in [1.29, 1.82) is 0 Å². The molecule has 1 atom stereocenters. The Kier molecular flexibility index (Phi) is 2.62. The number of carboxylic acid groups (broad SMARTS) is 1. The molecule has 0 amide bonds. The molecule has 0 saturated heterocycles. The zero-order chi connectivity index (χ0) is 11.7. The van der Waals surface area contributed by atoms with Crippen LogP contribution < -0.4 is 5.73 Å². The maximum absolute atomic E-state index is 10.6. The summed E-state index contributed by atoms with van der Waals surface area (Å²) in [7, 11) is 1.85. The number of carboxylic acids is 1. The fraction of sp³-hybridized carbons (Fsp3) is 0.273. The van der Waals surface area contributed by atoms with Crippen LogP contribution in [0.4, 0.5) is 0 Å². The third-order valence-electron chi connectivity index (χ3n) is 2.46. The Labute approximate surface area is 92.5 Å². The predicted octanol–water partition coefficient (Wildman–Crippen LogP) is 0.528. The van der Waals surface area contributed by atoms with E-state index in [1.807, 2.05) is 31.4 Å². The summed E-state index contributed by atoms with van der Waals surface area (Å²) in [6.45, 7) is 0. The van der Waals surface area contributed by atoms with E-state index in [0.29, 0.717) is 6.42 Å². The van der Waals surface area contributed by atoms with Crippen molar-refractivity contribution < 1.29 is 9.90 Å². The molecule has 0 aliphatic carbocycles. The molecule has 1 heterocycles. The normalized spacial score (nSPS) is 12.9. The van der Waals surface area contributed by atoms with Crippen molar-refractivity contribution in [2.24, 2.45) is 12.8 Å². The molecule has 0 spiro atoms. The van der Waals surface area contributed by atoms with E-state index in [-0.39, 0.29) is 0 Å². The predicted molar refractivity (Wildman–Crippen MR) is 60.0 cm³/mol. The fourth-order valence-corrected chi connectivity index (χ4v) is 1.67. The zero-order valence-corrected chi connectivity index (χ0v) is 8.92. The Morgan fingerprint density at radius 3 is 3.06 bits per heavy atom. The Morgan fingerprint density at radius 1 is 1.62 bits per heavy atom. The molecular weight excluding hydrogens is 206 g/mol. The van der Waals surface area contributed by atoms with Gasteiger partial charge >= 0.3 is 5.97 Å². The van der Waals surface area contributed by atoms with E-state index in [4.69, 9.17) is 10.8 Å². The van der Waals surface area contributed by atoms with Crippen LogP contribution >= 0.6 is 0 Å². The number of aliphatic carboxylic acids is 1. The van der Waals surface area contributed by atoms with Gasteiger partial charge in [0.05, 0.1) is 5.52 Å². The van der Waals surface area contributed by atoms with Crippen LogP contribution in [-0.2, 0) is 18.3 Å². The highest BCUT2D eigenvalue weighted by Crippen LogP contribution is 2.14. The summed E-state index contributed by atoms with van der Waals surface area (Å²) in [5.74, 6) is -0.980. The molecule has 84 valence electrons. The molecule has 5 heteroatoms. The first-order valence-corrected chi connectivity index (χ1v) is 4.97. The first-order valence-electron chi connectivity index (χ1n) is 4.97. The van der Waals surface area contributed by atoms with Crippen molar-refractivity contribution in [3.63, 3.8) is 0 Å². The number of nitrogens with two attached hydrogens (primary N) is 1. The van der Waals surface area contributed by atoms with Gasteiger partial charge in [-0.15, -0.1) is 0 Å². The number of nitrogens with zero attached hydrogens (tertiary/aromatic N) is 2. The van der Waals surface area contributed by atoms with Gasteiger partial charge in [-0.1, -0.05) is 6.07 Å². The minimum Gasteiger partial charge on any atom is -0.480 e. The van der Waals surface area contributed by atoms with Gasteiger partial charge in [-0.25, -0.2) is 0 Å². The van der Waals surface area contributed by atoms with Crippen molar-refractivity contribution in [3.05, 3.63) is 30.0 Å². The van der Waals surface area contributed by atoms with Gasteiger partial charge in [0.1, 0.15) is 6.04 Å². The summed E-state index contributed by atoms with van der Waals surface area (Å²) >= 11 is 0. The number of hydrogen-bond acceptors (Lipinski definition) is 3. The average Bonchev–Trinajstić information content (AvgIpc) is 2.57. The van der Waals surface area contributed by atoms with Crippen LogP contribution in [0, 0.1) is 0 Å². The lowest BCUT2D eigenvalue weighted by Crippen LogP contribution is -2.32. The van der Waals surface area contributed by atoms with Gasteiger partial charge in [-0.3, -0.25) is 9.48 Å². The quantitative estimate of drug-likeness (QED) is 0.788. The second-order valence-corrected chi connectivity index (χ2v) is 3.84. The number of hydrogen-bond donors (Lipinski definition) is 2. The third kappa shape index (κ3) is 2.04. The minimum atomic E-state index is -0.980. The number of fused-ring (bicyclic) bond motifs is 1. The highest BCUT2D eigenvalue weighted by molar-refractivity contribution is 5.79. The van der Waals surface area contributed by atoms with Crippen LogP contribution in [0.3, 0.4) is 0 Å². The van der Waals surface area contributed by atoms with Crippen LogP contribution in [-0.4, -0.2) is 26.9 Å². The van der Waals surface area contributed by atoms with E-state index in [0.717, 1.165) is 16.5 Å². The van der Waals surface area contributed by atoms with E-state index in [9.17, 15) is 4.79 Å². The molecule has 1 aromatic carbocycles. The van der Waals surface area contributed by atoms with Crippen molar-refractivity contribution in [2.45, 2.75) is 12.5 Å². The molecule has 2 aromatic rings.